The Labute approximate surface area is 132 Å². The first-order valence-corrected chi connectivity index (χ1v) is 6.78. The lowest BCUT2D eigenvalue weighted by molar-refractivity contribution is -0.121. The lowest BCUT2D eigenvalue weighted by Crippen LogP contribution is -2.31. The number of benzene rings is 1. The van der Waals surface area contributed by atoms with Gasteiger partial charge in [-0.1, -0.05) is 13.0 Å². The summed E-state index contributed by atoms with van der Waals surface area (Å²) < 4.78 is 10.4. The minimum absolute atomic E-state index is 0. The second kappa shape index (κ2) is 10.3. The minimum atomic E-state index is 0. The molecule has 1 unspecified atom stereocenters. The molecule has 0 aliphatic carbocycles. The molecule has 0 spiro atoms. The SMILES string of the molecule is COc1ccc(CCC(=O)NCC(C)CN)cc1OC.Cl. The summed E-state index contributed by atoms with van der Waals surface area (Å²) in [6.45, 7) is 3.21. The van der Waals surface area contributed by atoms with Gasteiger partial charge in [-0.15, -0.1) is 12.4 Å². The molecule has 0 bridgehead atoms. The van der Waals surface area contributed by atoms with Crippen molar-refractivity contribution in [3.8, 4) is 11.5 Å². The van der Waals surface area contributed by atoms with Crippen LogP contribution < -0.4 is 20.5 Å². The quantitative estimate of drug-likeness (QED) is 0.766. The third-order valence-corrected chi connectivity index (χ3v) is 3.14. The summed E-state index contributed by atoms with van der Waals surface area (Å²) in [5.41, 5.74) is 6.55. The lowest BCUT2D eigenvalue weighted by atomic mass is 10.1. The van der Waals surface area contributed by atoms with E-state index in [4.69, 9.17) is 15.2 Å². The van der Waals surface area contributed by atoms with Crippen LogP contribution in [-0.2, 0) is 11.2 Å². The van der Waals surface area contributed by atoms with Crippen LogP contribution in [0.3, 0.4) is 0 Å². The van der Waals surface area contributed by atoms with Crippen molar-refractivity contribution in [3.63, 3.8) is 0 Å². The topological polar surface area (TPSA) is 73.6 Å². The fourth-order valence-electron chi connectivity index (χ4n) is 1.75. The number of amides is 1. The van der Waals surface area contributed by atoms with Crippen molar-refractivity contribution >= 4 is 18.3 Å². The van der Waals surface area contributed by atoms with Crippen molar-refractivity contribution in [1.82, 2.24) is 5.32 Å². The van der Waals surface area contributed by atoms with E-state index in [2.05, 4.69) is 5.32 Å². The Hall–Kier alpha value is -1.46. The van der Waals surface area contributed by atoms with Gasteiger partial charge in [0, 0.05) is 13.0 Å². The third-order valence-electron chi connectivity index (χ3n) is 3.14. The average Bonchev–Trinajstić information content (AvgIpc) is 2.49. The van der Waals surface area contributed by atoms with E-state index in [0.29, 0.717) is 43.3 Å². The number of nitrogens with two attached hydrogens (primary N) is 1. The fourth-order valence-corrected chi connectivity index (χ4v) is 1.75. The lowest BCUT2D eigenvalue weighted by Gasteiger charge is -2.11. The van der Waals surface area contributed by atoms with Crippen LogP contribution in [0.25, 0.3) is 0 Å². The molecule has 0 aliphatic heterocycles. The van der Waals surface area contributed by atoms with Gasteiger partial charge >= 0.3 is 0 Å². The van der Waals surface area contributed by atoms with E-state index in [1.165, 1.54) is 0 Å². The van der Waals surface area contributed by atoms with Crippen LogP contribution >= 0.6 is 12.4 Å². The predicted octanol–water partition coefficient (Wildman–Crippen LogP) is 1.77. The summed E-state index contributed by atoms with van der Waals surface area (Å²) >= 11 is 0. The Morgan fingerprint density at radius 1 is 1.29 bits per heavy atom. The summed E-state index contributed by atoms with van der Waals surface area (Å²) in [6, 6.07) is 5.69. The van der Waals surface area contributed by atoms with Gasteiger partial charge in [-0.3, -0.25) is 4.79 Å². The molecule has 0 saturated heterocycles. The zero-order chi connectivity index (χ0) is 15.0. The highest BCUT2D eigenvalue weighted by Crippen LogP contribution is 2.27. The van der Waals surface area contributed by atoms with Gasteiger partial charge in [0.1, 0.15) is 0 Å². The molecule has 1 atom stereocenters. The molecule has 0 aromatic heterocycles. The first-order valence-electron chi connectivity index (χ1n) is 6.78. The molecule has 0 saturated carbocycles. The van der Waals surface area contributed by atoms with Gasteiger partial charge in [0.05, 0.1) is 14.2 Å². The number of ether oxygens (including phenoxy) is 2. The number of halogens is 1. The van der Waals surface area contributed by atoms with E-state index in [-0.39, 0.29) is 18.3 Å². The van der Waals surface area contributed by atoms with E-state index in [1.807, 2.05) is 25.1 Å². The van der Waals surface area contributed by atoms with Gasteiger partial charge in [-0.05, 0) is 36.6 Å². The van der Waals surface area contributed by atoms with E-state index in [1.54, 1.807) is 14.2 Å². The van der Waals surface area contributed by atoms with Crippen LogP contribution in [0, 0.1) is 5.92 Å². The van der Waals surface area contributed by atoms with Crippen LogP contribution in [0.5, 0.6) is 11.5 Å². The standard InChI is InChI=1S/C15H24N2O3.ClH/c1-11(9-16)10-17-15(18)7-5-12-4-6-13(19-2)14(8-12)20-3;/h4,6,8,11H,5,7,9-10,16H2,1-3H3,(H,17,18);1H. The highest BCUT2D eigenvalue weighted by molar-refractivity contribution is 5.85. The number of nitrogens with one attached hydrogen (secondary N) is 1. The number of rotatable bonds is 8. The Bertz CT molecular complexity index is 441. The molecule has 5 nitrogen and oxygen atoms in total. The Morgan fingerprint density at radius 3 is 2.52 bits per heavy atom. The van der Waals surface area contributed by atoms with Gasteiger partial charge in [0.2, 0.25) is 5.91 Å². The Balaban J connectivity index is 0.00000400. The van der Waals surface area contributed by atoms with Crippen molar-refractivity contribution in [2.45, 2.75) is 19.8 Å². The Kier molecular flexibility index (Phi) is 9.58. The van der Waals surface area contributed by atoms with Crippen molar-refractivity contribution < 1.29 is 14.3 Å². The van der Waals surface area contributed by atoms with Crippen molar-refractivity contribution in [2.75, 3.05) is 27.3 Å². The number of carbonyl (C=O) groups is 1. The maximum atomic E-state index is 11.7. The number of carbonyl (C=O) groups excluding carboxylic acids is 1. The molecule has 1 aromatic carbocycles. The summed E-state index contributed by atoms with van der Waals surface area (Å²) in [6.07, 6.45) is 1.12. The number of aryl methyl sites for hydroxylation is 1. The molecule has 6 heteroatoms. The molecule has 0 fully saturated rings. The fraction of sp³-hybridized carbons (Fsp3) is 0.533. The summed E-state index contributed by atoms with van der Waals surface area (Å²) in [5, 5.41) is 2.88. The largest absolute Gasteiger partial charge is 0.493 e. The summed E-state index contributed by atoms with van der Waals surface area (Å²) in [4.78, 5) is 11.7. The molecular weight excluding hydrogens is 292 g/mol. The number of hydrogen-bond acceptors (Lipinski definition) is 4. The minimum Gasteiger partial charge on any atom is -0.493 e. The monoisotopic (exact) mass is 316 g/mol. The molecule has 0 radical (unpaired) electrons. The number of methoxy groups -OCH3 is 2. The van der Waals surface area contributed by atoms with Crippen LogP contribution in [0.4, 0.5) is 0 Å². The van der Waals surface area contributed by atoms with E-state index in [9.17, 15) is 4.79 Å². The predicted molar refractivity (Wildman–Crippen MR) is 86.3 cm³/mol. The van der Waals surface area contributed by atoms with Crippen LogP contribution in [0.2, 0.25) is 0 Å². The molecule has 120 valence electrons. The normalized spacial score (nSPS) is 11.2. The molecule has 1 rings (SSSR count). The van der Waals surface area contributed by atoms with E-state index < -0.39 is 0 Å². The van der Waals surface area contributed by atoms with Crippen LogP contribution in [0.15, 0.2) is 18.2 Å². The highest BCUT2D eigenvalue weighted by Gasteiger charge is 2.07. The molecule has 0 heterocycles. The zero-order valence-corrected chi connectivity index (χ0v) is 13.7. The number of hydrogen-bond donors (Lipinski definition) is 2. The smallest absolute Gasteiger partial charge is 0.220 e. The van der Waals surface area contributed by atoms with Crippen LogP contribution in [-0.4, -0.2) is 33.2 Å². The average molecular weight is 317 g/mol. The van der Waals surface area contributed by atoms with Crippen LogP contribution in [0.1, 0.15) is 18.9 Å². The van der Waals surface area contributed by atoms with Gasteiger partial charge in [-0.25, -0.2) is 0 Å². The zero-order valence-electron chi connectivity index (χ0n) is 12.8. The van der Waals surface area contributed by atoms with Crippen molar-refractivity contribution in [1.29, 1.82) is 0 Å². The van der Waals surface area contributed by atoms with Gasteiger partial charge < -0.3 is 20.5 Å². The molecule has 3 N–H and O–H groups in total. The van der Waals surface area contributed by atoms with Gasteiger partial charge in [-0.2, -0.15) is 0 Å². The summed E-state index contributed by atoms with van der Waals surface area (Å²) in [5.74, 6) is 1.72. The summed E-state index contributed by atoms with van der Waals surface area (Å²) in [7, 11) is 3.20. The second-order valence-electron chi connectivity index (χ2n) is 4.83. The van der Waals surface area contributed by atoms with E-state index in [0.717, 1.165) is 5.56 Å². The van der Waals surface area contributed by atoms with Gasteiger partial charge in [0.25, 0.3) is 0 Å². The van der Waals surface area contributed by atoms with Crippen molar-refractivity contribution in [3.05, 3.63) is 23.8 Å². The molecule has 0 aliphatic rings. The first-order chi connectivity index (χ1) is 9.60. The third kappa shape index (κ3) is 6.69. The van der Waals surface area contributed by atoms with E-state index >= 15 is 0 Å². The molecule has 1 aromatic rings. The highest BCUT2D eigenvalue weighted by atomic mass is 35.5. The molecule has 21 heavy (non-hydrogen) atoms. The molecule has 1 amide bonds. The van der Waals surface area contributed by atoms with Gasteiger partial charge in [0.15, 0.2) is 11.5 Å². The first kappa shape index (κ1) is 19.5. The maximum Gasteiger partial charge on any atom is 0.220 e. The van der Waals surface area contributed by atoms with Crippen molar-refractivity contribution in [2.24, 2.45) is 11.7 Å². The molecular formula is C15H25ClN2O3. The Morgan fingerprint density at radius 2 is 1.95 bits per heavy atom. The second-order valence-corrected chi connectivity index (χ2v) is 4.83. The maximum absolute atomic E-state index is 11.7.